The molecular formula is C14H27N3O3. The zero-order valence-corrected chi connectivity index (χ0v) is 12.5. The highest BCUT2D eigenvalue weighted by Crippen LogP contribution is 2.17. The minimum absolute atomic E-state index is 0.0507. The van der Waals surface area contributed by atoms with Gasteiger partial charge in [0, 0.05) is 26.1 Å². The molecule has 6 nitrogen and oxygen atoms in total. The maximum atomic E-state index is 12.4. The largest absolute Gasteiger partial charge is 0.409 e. The molecule has 1 aliphatic rings. The van der Waals surface area contributed by atoms with Crippen molar-refractivity contribution >= 4 is 11.7 Å². The lowest BCUT2D eigenvalue weighted by atomic mass is 10.1. The van der Waals surface area contributed by atoms with Gasteiger partial charge in [-0.05, 0) is 25.2 Å². The Bertz CT molecular complexity index is 326. The third kappa shape index (κ3) is 6.23. The minimum Gasteiger partial charge on any atom is -0.409 e. The average molecular weight is 285 g/mol. The normalized spacial score (nSPS) is 20.1. The maximum absolute atomic E-state index is 12.4. The molecule has 3 N–H and O–H groups in total. The zero-order valence-electron chi connectivity index (χ0n) is 12.5. The fourth-order valence-corrected chi connectivity index (χ4v) is 2.35. The first-order valence-electron chi connectivity index (χ1n) is 7.38. The molecule has 116 valence electrons. The summed E-state index contributed by atoms with van der Waals surface area (Å²) in [7, 11) is 0. The monoisotopic (exact) mass is 285 g/mol. The lowest BCUT2D eigenvalue weighted by molar-refractivity contribution is -0.135. The molecule has 0 bridgehead atoms. The second kappa shape index (κ2) is 8.79. The van der Waals surface area contributed by atoms with E-state index in [1.54, 1.807) is 4.90 Å². The van der Waals surface area contributed by atoms with Crippen molar-refractivity contribution in [3.8, 4) is 0 Å². The number of carbonyl (C=O) groups excluding carboxylic acids is 1. The van der Waals surface area contributed by atoms with E-state index in [-0.39, 0.29) is 17.8 Å². The highest BCUT2D eigenvalue weighted by Gasteiger charge is 2.22. The van der Waals surface area contributed by atoms with Crippen LogP contribution in [0.1, 0.15) is 46.0 Å². The molecule has 1 unspecified atom stereocenters. The molecule has 0 aromatic carbocycles. The number of ether oxygens (including phenoxy) is 1. The molecule has 1 aliphatic heterocycles. The maximum Gasteiger partial charge on any atom is 0.225 e. The van der Waals surface area contributed by atoms with Gasteiger partial charge in [-0.25, -0.2) is 0 Å². The fraction of sp³-hybridized carbons (Fsp3) is 0.857. The van der Waals surface area contributed by atoms with E-state index in [2.05, 4.69) is 19.0 Å². The summed E-state index contributed by atoms with van der Waals surface area (Å²) in [6.45, 7) is 6.07. The van der Waals surface area contributed by atoms with Crippen LogP contribution in [0.4, 0.5) is 0 Å². The number of nitrogens with two attached hydrogens (primary N) is 1. The second-order valence-corrected chi connectivity index (χ2v) is 5.77. The van der Waals surface area contributed by atoms with Crippen molar-refractivity contribution in [3.63, 3.8) is 0 Å². The first-order chi connectivity index (χ1) is 9.52. The fourth-order valence-electron chi connectivity index (χ4n) is 2.35. The van der Waals surface area contributed by atoms with Gasteiger partial charge >= 0.3 is 0 Å². The molecule has 0 aromatic heterocycles. The first kappa shape index (κ1) is 16.8. The quantitative estimate of drug-likeness (QED) is 0.321. The second-order valence-electron chi connectivity index (χ2n) is 5.77. The van der Waals surface area contributed by atoms with E-state index in [1.807, 2.05) is 0 Å². The topological polar surface area (TPSA) is 88.1 Å². The van der Waals surface area contributed by atoms with Crippen LogP contribution in [-0.4, -0.2) is 47.7 Å². The third-order valence-electron chi connectivity index (χ3n) is 3.38. The van der Waals surface area contributed by atoms with Crippen molar-refractivity contribution < 1.29 is 14.7 Å². The minimum atomic E-state index is 0.0507. The van der Waals surface area contributed by atoms with Crippen molar-refractivity contribution in [1.29, 1.82) is 0 Å². The summed E-state index contributed by atoms with van der Waals surface area (Å²) in [5.74, 6) is 0.635. The summed E-state index contributed by atoms with van der Waals surface area (Å²) in [4.78, 5) is 14.1. The third-order valence-corrected chi connectivity index (χ3v) is 3.38. The molecule has 1 saturated heterocycles. The smallest absolute Gasteiger partial charge is 0.225 e. The van der Waals surface area contributed by atoms with Crippen molar-refractivity contribution in [2.24, 2.45) is 16.8 Å². The Morgan fingerprint density at radius 1 is 1.50 bits per heavy atom. The molecule has 0 radical (unpaired) electrons. The van der Waals surface area contributed by atoms with Gasteiger partial charge in [-0.1, -0.05) is 19.0 Å². The molecule has 1 atom stereocenters. The summed E-state index contributed by atoms with van der Waals surface area (Å²) >= 11 is 0. The molecule has 1 rings (SSSR count). The van der Waals surface area contributed by atoms with E-state index < -0.39 is 0 Å². The number of oxime groups is 1. The van der Waals surface area contributed by atoms with Gasteiger partial charge in [-0.15, -0.1) is 0 Å². The van der Waals surface area contributed by atoms with Crippen molar-refractivity contribution in [2.75, 3.05) is 19.7 Å². The predicted octanol–water partition coefficient (Wildman–Crippen LogP) is 1.57. The lowest BCUT2D eigenvalue weighted by Gasteiger charge is -2.28. The van der Waals surface area contributed by atoms with E-state index in [0.717, 1.165) is 25.9 Å². The van der Waals surface area contributed by atoms with Crippen LogP contribution in [0.2, 0.25) is 0 Å². The molecule has 0 aliphatic carbocycles. The summed E-state index contributed by atoms with van der Waals surface area (Å²) in [5, 5.41) is 11.5. The van der Waals surface area contributed by atoms with Crippen LogP contribution < -0.4 is 5.73 Å². The Labute approximate surface area is 120 Å². The molecule has 1 amide bonds. The van der Waals surface area contributed by atoms with Crippen LogP contribution in [-0.2, 0) is 9.53 Å². The predicted molar refractivity (Wildman–Crippen MR) is 77.7 cm³/mol. The van der Waals surface area contributed by atoms with E-state index in [4.69, 9.17) is 15.7 Å². The van der Waals surface area contributed by atoms with Crippen molar-refractivity contribution in [1.82, 2.24) is 4.90 Å². The number of amides is 1. The van der Waals surface area contributed by atoms with E-state index >= 15 is 0 Å². The summed E-state index contributed by atoms with van der Waals surface area (Å²) < 4.78 is 5.61. The van der Waals surface area contributed by atoms with E-state index in [9.17, 15) is 4.79 Å². The zero-order chi connectivity index (χ0) is 15.0. The van der Waals surface area contributed by atoms with Crippen LogP contribution >= 0.6 is 0 Å². The number of hydrogen-bond donors (Lipinski definition) is 2. The molecule has 1 fully saturated rings. The van der Waals surface area contributed by atoms with Crippen LogP contribution in [0.15, 0.2) is 5.16 Å². The van der Waals surface area contributed by atoms with Crippen molar-refractivity contribution in [2.45, 2.75) is 52.1 Å². The molecule has 0 saturated carbocycles. The lowest BCUT2D eigenvalue weighted by Crippen LogP contribution is -2.39. The molecule has 0 spiro atoms. The van der Waals surface area contributed by atoms with Crippen LogP contribution in [0, 0.1) is 5.92 Å². The van der Waals surface area contributed by atoms with Gasteiger partial charge in [0.15, 0.2) is 0 Å². The highest BCUT2D eigenvalue weighted by molar-refractivity contribution is 5.81. The van der Waals surface area contributed by atoms with Gasteiger partial charge in [0.05, 0.1) is 12.5 Å². The SMILES string of the molecule is CC(C)CN(CCC(N)=NO)C(=O)CC1CCCCO1. The Morgan fingerprint density at radius 2 is 2.25 bits per heavy atom. The van der Waals surface area contributed by atoms with Gasteiger partial charge < -0.3 is 20.6 Å². The number of hydrogen-bond acceptors (Lipinski definition) is 4. The Balaban J connectivity index is 2.49. The van der Waals surface area contributed by atoms with E-state index in [0.29, 0.717) is 31.8 Å². The van der Waals surface area contributed by atoms with Gasteiger partial charge in [0.25, 0.3) is 0 Å². The highest BCUT2D eigenvalue weighted by atomic mass is 16.5. The number of carbonyl (C=O) groups is 1. The van der Waals surface area contributed by atoms with Gasteiger partial charge in [0.1, 0.15) is 5.84 Å². The summed E-state index contributed by atoms with van der Waals surface area (Å²) in [5.41, 5.74) is 5.47. The van der Waals surface area contributed by atoms with Gasteiger partial charge in [-0.2, -0.15) is 0 Å². The Morgan fingerprint density at radius 3 is 2.80 bits per heavy atom. The van der Waals surface area contributed by atoms with Crippen molar-refractivity contribution in [3.05, 3.63) is 0 Å². The number of rotatable bonds is 7. The molecule has 6 heteroatoms. The standard InChI is InChI=1S/C14H27N3O3/c1-11(2)10-17(7-6-13(15)16-19)14(18)9-12-5-3-4-8-20-12/h11-12,19H,3-10H2,1-2H3,(H2,15,16). The number of nitrogens with zero attached hydrogens (tertiary/aromatic N) is 2. The Hall–Kier alpha value is -1.30. The van der Waals surface area contributed by atoms with E-state index in [1.165, 1.54) is 0 Å². The Kier molecular flexibility index (Phi) is 7.36. The van der Waals surface area contributed by atoms with Gasteiger partial charge in [-0.3, -0.25) is 4.79 Å². The molecule has 0 aromatic rings. The number of amidine groups is 1. The van der Waals surface area contributed by atoms with Gasteiger partial charge in [0.2, 0.25) is 5.91 Å². The summed E-state index contributed by atoms with van der Waals surface area (Å²) in [6.07, 6.45) is 4.05. The molecule has 1 heterocycles. The summed E-state index contributed by atoms with van der Waals surface area (Å²) in [6, 6.07) is 0. The first-order valence-corrected chi connectivity index (χ1v) is 7.38. The van der Waals surface area contributed by atoms with Crippen LogP contribution in [0.5, 0.6) is 0 Å². The average Bonchev–Trinajstić information content (AvgIpc) is 2.43. The van der Waals surface area contributed by atoms with Crippen LogP contribution in [0.3, 0.4) is 0 Å². The van der Waals surface area contributed by atoms with Crippen LogP contribution in [0.25, 0.3) is 0 Å². The molecular weight excluding hydrogens is 258 g/mol. The molecule has 20 heavy (non-hydrogen) atoms.